The van der Waals surface area contributed by atoms with Crippen molar-refractivity contribution in [2.45, 2.75) is 19.6 Å². The van der Waals surface area contributed by atoms with E-state index in [9.17, 15) is 19.1 Å². The molecule has 0 spiro atoms. The maximum absolute atomic E-state index is 15.6. The Morgan fingerprint density at radius 1 is 0.913 bits per heavy atom. The van der Waals surface area contributed by atoms with E-state index in [1.807, 2.05) is 6.07 Å². The summed E-state index contributed by atoms with van der Waals surface area (Å²) < 4.78 is 52.5. The maximum Gasteiger partial charge on any atom is 0.335 e. The van der Waals surface area contributed by atoms with Crippen molar-refractivity contribution >= 4 is 17.0 Å². The van der Waals surface area contributed by atoms with E-state index in [1.54, 1.807) is 16.7 Å². The number of aromatic amines is 1. The standard InChI is InChI=1S/C34H22F3N5O4/c35-25-11-19(16-38)6-7-22(25)18-46-32-5-1-4-28(41-32)24-15-26(36)23(12-27(24)37)14-31-40-29-9-8-20(34(44)45)13-30(29)42(31)17-21-3-2-10-39-33(21)43/h1-13,15H,14,17-18H2,(H,39,43)(H,44,45). The summed E-state index contributed by atoms with van der Waals surface area (Å²) in [6, 6.07) is 19.9. The van der Waals surface area contributed by atoms with Crippen LogP contribution in [0.2, 0.25) is 0 Å². The monoisotopic (exact) mass is 621 g/mol. The Bertz CT molecular complexity index is 2240. The molecule has 6 rings (SSSR count). The first kappa shape index (κ1) is 29.8. The number of hydrogen-bond acceptors (Lipinski definition) is 6. The number of halogens is 3. The topological polar surface area (TPSA) is 134 Å². The fourth-order valence-corrected chi connectivity index (χ4v) is 4.99. The molecule has 0 unspecified atom stereocenters. The van der Waals surface area contributed by atoms with Crippen molar-refractivity contribution in [1.82, 2.24) is 19.5 Å². The highest BCUT2D eigenvalue weighted by Gasteiger charge is 2.19. The molecule has 0 radical (unpaired) electrons. The first-order valence-electron chi connectivity index (χ1n) is 13.9. The van der Waals surface area contributed by atoms with Crippen LogP contribution < -0.4 is 10.3 Å². The summed E-state index contributed by atoms with van der Waals surface area (Å²) in [5, 5.41) is 18.4. The van der Waals surface area contributed by atoms with Gasteiger partial charge in [0.15, 0.2) is 0 Å². The largest absolute Gasteiger partial charge is 0.478 e. The summed E-state index contributed by atoms with van der Waals surface area (Å²) in [4.78, 5) is 35.5. The molecule has 0 fully saturated rings. The second-order valence-corrected chi connectivity index (χ2v) is 10.3. The molecule has 3 aromatic carbocycles. The molecule has 6 aromatic rings. The maximum atomic E-state index is 15.6. The molecule has 0 aliphatic rings. The van der Waals surface area contributed by atoms with Gasteiger partial charge in [-0.15, -0.1) is 0 Å². The summed E-state index contributed by atoms with van der Waals surface area (Å²) >= 11 is 0. The zero-order chi connectivity index (χ0) is 32.4. The van der Waals surface area contributed by atoms with Crippen molar-refractivity contribution < 1.29 is 27.8 Å². The third kappa shape index (κ3) is 6.07. The van der Waals surface area contributed by atoms with Gasteiger partial charge in [-0.2, -0.15) is 5.26 Å². The molecule has 12 heteroatoms. The van der Waals surface area contributed by atoms with Crippen LogP contribution in [0.4, 0.5) is 13.2 Å². The van der Waals surface area contributed by atoms with Crippen LogP contribution in [0.25, 0.3) is 22.3 Å². The van der Waals surface area contributed by atoms with Crippen LogP contribution in [0, 0.1) is 28.8 Å². The van der Waals surface area contributed by atoms with E-state index in [-0.39, 0.29) is 70.3 Å². The minimum Gasteiger partial charge on any atom is -0.478 e. The van der Waals surface area contributed by atoms with Crippen molar-refractivity contribution in [2.75, 3.05) is 0 Å². The van der Waals surface area contributed by atoms with Gasteiger partial charge >= 0.3 is 5.97 Å². The van der Waals surface area contributed by atoms with Crippen LogP contribution in [0.5, 0.6) is 5.88 Å². The van der Waals surface area contributed by atoms with E-state index in [4.69, 9.17) is 10.00 Å². The zero-order valence-electron chi connectivity index (χ0n) is 23.8. The molecule has 228 valence electrons. The number of nitrogens with zero attached hydrogens (tertiary/aromatic N) is 4. The van der Waals surface area contributed by atoms with Crippen LogP contribution in [0.3, 0.4) is 0 Å². The third-order valence-electron chi connectivity index (χ3n) is 7.34. The Morgan fingerprint density at radius 2 is 1.74 bits per heavy atom. The van der Waals surface area contributed by atoms with Gasteiger partial charge in [-0.05, 0) is 60.2 Å². The van der Waals surface area contributed by atoms with Gasteiger partial charge in [-0.25, -0.2) is 27.9 Å². The number of pyridine rings is 2. The summed E-state index contributed by atoms with van der Waals surface area (Å²) in [6.45, 7) is -0.191. The molecule has 9 nitrogen and oxygen atoms in total. The van der Waals surface area contributed by atoms with Gasteiger partial charge in [-0.3, -0.25) is 4.79 Å². The molecule has 0 saturated heterocycles. The molecule has 0 aliphatic carbocycles. The molecular weight excluding hydrogens is 599 g/mol. The smallest absolute Gasteiger partial charge is 0.335 e. The predicted molar refractivity (Wildman–Crippen MR) is 161 cm³/mol. The number of imidazole rings is 1. The Morgan fingerprint density at radius 3 is 2.50 bits per heavy atom. The molecule has 0 aliphatic heterocycles. The van der Waals surface area contributed by atoms with E-state index >= 15 is 8.78 Å². The quantitative estimate of drug-likeness (QED) is 0.203. The summed E-state index contributed by atoms with van der Waals surface area (Å²) in [6.07, 6.45) is 1.31. The average molecular weight is 622 g/mol. The number of hydrogen-bond donors (Lipinski definition) is 2. The minimum atomic E-state index is -1.15. The van der Waals surface area contributed by atoms with Gasteiger partial charge in [0.2, 0.25) is 5.88 Å². The molecule has 0 atom stereocenters. The molecular formula is C34H22F3N5O4. The van der Waals surface area contributed by atoms with Gasteiger partial charge in [0.1, 0.15) is 29.9 Å². The van der Waals surface area contributed by atoms with E-state index in [1.165, 1.54) is 54.7 Å². The van der Waals surface area contributed by atoms with E-state index in [2.05, 4.69) is 15.0 Å². The highest BCUT2D eigenvalue weighted by Crippen LogP contribution is 2.28. The van der Waals surface area contributed by atoms with Crippen LogP contribution in [0.1, 0.15) is 38.4 Å². The number of carbonyl (C=O) groups is 1. The lowest BCUT2D eigenvalue weighted by Crippen LogP contribution is -2.16. The third-order valence-corrected chi connectivity index (χ3v) is 7.34. The Kier molecular flexibility index (Phi) is 8.05. The minimum absolute atomic E-state index is 0.00416. The highest BCUT2D eigenvalue weighted by atomic mass is 19.1. The number of nitriles is 1. The summed E-state index contributed by atoms with van der Waals surface area (Å²) in [5.74, 6) is -2.95. The second kappa shape index (κ2) is 12.4. The number of benzene rings is 3. The van der Waals surface area contributed by atoms with Crippen LogP contribution in [0.15, 0.2) is 89.9 Å². The van der Waals surface area contributed by atoms with Crippen LogP contribution in [-0.4, -0.2) is 30.6 Å². The molecule has 0 saturated carbocycles. The zero-order valence-corrected chi connectivity index (χ0v) is 23.8. The Balaban J connectivity index is 1.30. The lowest BCUT2D eigenvalue weighted by Gasteiger charge is -2.12. The molecule has 3 aromatic heterocycles. The predicted octanol–water partition coefficient (Wildman–Crippen LogP) is 5.99. The number of rotatable bonds is 9. The van der Waals surface area contributed by atoms with Crippen molar-refractivity contribution in [2.24, 2.45) is 0 Å². The summed E-state index contributed by atoms with van der Waals surface area (Å²) in [5.41, 5.74) is 1.13. The van der Waals surface area contributed by atoms with E-state index < -0.39 is 23.4 Å². The molecule has 46 heavy (non-hydrogen) atoms. The molecule has 0 bridgehead atoms. The van der Waals surface area contributed by atoms with E-state index in [0.717, 1.165) is 18.2 Å². The number of aromatic carboxylic acids is 1. The number of carboxylic acid groups (broad SMARTS) is 1. The lowest BCUT2D eigenvalue weighted by molar-refractivity contribution is 0.0697. The highest BCUT2D eigenvalue weighted by molar-refractivity contribution is 5.92. The second-order valence-electron chi connectivity index (χ2n) is 10.3. The number of fused-ring (bicyclic) bond motifs is 1. The fraction of sp³-hybridized carbons (Fsp3) is 0.0882. The normalized spacial score (nSPS) is 11.0. The van der Waals surface area contributed by atoms with Crippen LogP contribution >= 0.6 is 0 Å². The van der Waals surface area contributed by atoms with Gasteiger partial charge in [-0.1, -0.05) is 18.2 Å². The number of carboxylic acids is 1. The first-order chi connectivity index (χ1) is 22.2. The Hall–Kier alpha value is -6.22. The Labute approximate surface area is 258 Å². The molecule has 2 N–H and O–H groups in total. The number of ether oxygens (including phenoxy) is 1. The van der Waals surface area contributed by atoms with Crippen LogP contribution in [-0.2, 0) is 19.6 Å². The van der Waals surface area contributed by atoms with Gasteiger partial charge in [0, 0.05) is 35.4 Å². The van der Waals surface area contributed by atoms with Crippen molar-refractivity contribution in [1.29, 1.82) is 5.26 Å². The van der Waals surface area contributed by atoms with Crippen molar-refractivity contribution in [3.63, 3.8) is 0 Å². The van der Waals surface area contributed by atoms with E-state index in [0.29, 0.717) is 16.6 Å². The SMILES string of the molecule is N#Cc1ccc(COc2cccc(-c3cc(F)c(Cc4nc5ccc(C(=O)O)cc5n4Cc4ccc[nH]c4=O)cc3F)n2)c(F)c1. The molecule has 3 heterocycles. The van der Waals surface area contributed by atoms with Crippen molar-refractivity contribution in [3.05, 3.63) is 147 Å². The number of aromatic nitrogens is 4. The van der Waals surface area contributed by atoms with Gasteiger partial charge in [0.05, 0.1) is 40.5 Å². The molecule has 0 amide bonds. The first-order valence-corrected chi connectivity index (χ1v) is 13.9. The van der Waals surface area contributed by atoms with Gasteiger partial charge < -0.3 is 19.4 Å². The van der Waals surface area contributed by atoms with Crippen molar-refractivity contribution in [3.8, 4) is 23.2 Å². The van der Waals surface area contributed by atoms with Gasteiger partial charge in [0.25, 0.3) is 5.56 Å². The number of nitrogens with one attached hydrogen (secondary N) is 1. The average Bonchev–Trinajstić information content (AvgIpc) is 3.38. The summed E-state index contributed by atoms with van der Waals surface area (Å²) in [7, 11) is 0. The number of H-pyrrole nitrogens is 1. The lowest BCUT2D eigenvalue weighted by atomic mass is 10.0. The fourth-order valence-electron chi connectivity index (χ4n) is 4.99.